The third-order valence-corrected chi connectivity index (χ3v) is 3.94. The Balaban J connectivity index is 1.75. The minimum atomic E-state index is -0.467. The molecule has 116 valence electrons. The van der Waals surface area contributed by atoms with Gasteiger partial charge in [0.05, 0.1) is 6.10 Å². The number of rotatable bonds is 6. The van der Waals surface area contributed by atoms with Gasteiger partial charge in [-0.25, -0.2) is 0 Å². The monoisotopic (exact) mass is 291 g/mol. The lowest BCUT2D eigenvalue weighted by Crippen LogP contribution is -2.49. The van der Waals surface area contributed by atoms with Crippen molar-refractivity contribution in [2.45, 2.75) is 18.9 Å². The van der Waals surface area contributed by atoms with Gasteiger partial charge in [-0.1, -0.05) is 30.3 Å². The van der Waals surface area contributed by atoms with Gasteiger partial charge in [0.15, 0.2) is 0 Å². The quantitative estimate of drug-likeness (QED) is 0.805. The second-order valence-corrected chi connectivity index (χ2v) is 5.50. The smallest absolute Gasteiger partial charge is 0.222 e. The van der Waals surface area contributed by atoms with Crippen LogP contribution < -0.4 is 5.73 Å². The molecule has 5 heteroatoms. The summed E-state index contributed by atoms with van der Waals surface area (Å²) in [7, 11) is 0. The molecule has 1 atom stereocenters. The molecule has 0 aliphatic carbocycles. The molecule has 2 rings (SSSR count). The van der Waals surface area contributed by atoms with Crippen LogP contribution in [0.4, 0.5) is 0 Å². The van der Waals surface area contributed by atoms with Crippen LogP contribution in [0, 0.1) is 0 Å². The normalized spacial score (nSPS) is 17.7. The highest BCUT2D eigenvalue weighted by Gasteiger charge is 2.22. The maximum Gasteiger partial charge on any atom is 0.222 e. The van der Waals surface area contributed by atoms with E-state index in [0.29, 0.717) is 19.5 Å². The Kier molecular flexibility index (Phi) is 6.17. The van der Waals surface area contributed by atoms with Gasteiger partial charge in [-0.15, -0.1) is 0 Å². The summed E-state index contributed by atoms with van der Waals surface area (Å²) >= 11 is 0. The zero-order chi connectivity index (χ0) is 15.1. The number of aliphatic hydroxyl groups excluding tert-OH is 1. The van der Waals surface area contributed by atoms with Crippen LogP contribution in [0.1, 0.15) is 24.5 Å². The van der Waals surface area contributed by atoms with E-state index in [-0.39, 0.29) is 5.91 Å². The summed E-state index contributed by atoms with van der Waals surface area (Å²) in [6.45, 7) is 4.30. The first kappa shape index (κ1) is 15.9. The second-order valence-electron chi connectivity index (χ2n) is 5.50. The Bertz CT molecular complexity index is 430. The van der Waals surface area contributed by atoms with E-state index in [0.717, 1.165) is 38.2 Å². The molecule has 0 bridgehead atoms. The fourth-order valence-electron chi connectivity index (χ4n) is 2.62. The lowest BCUT2D eigenvalue weighted by atomic mass is 10.1. The second kappa shape index (κ2) is 8.12. The third kappa shape index (κ3) is 4.81. The molecule has 0 saturated carbocycles. The molecule has 1 aromatic carbocycles. The van der Waals surface area contributed by atoms with Crippen molar-refractivity contribution in [3.63, 3.8) is 0 Å². The molecule has 1 amide bonds. The van der Waals surface area contributed by atoms with Gasteiger partial charge >= 0.3 is 0 Å². The van der Waals surface area contributed by atoms with Crippen LogP contribution in [0.25, 0.3) is 0 Å². The maximum absolute atomic E-state index is 11.9. The predicted octanol–water partition coefficient (Wildman–Crippen LogP) is 0.603. The molecule has 0 aromatic heterocycles. The first-order valence-electron chi connectivity index (χ1n) is 7.64. The molecular weight excluding hydrogens is 266 g/mol. The number of β-amino-alcohol motifs (C(OH)–C–C–N with tert-alkyl or cyclic N) is 1. The van der Waals surface area contributed by atoms with Crippen molar-refractivity contribution >= 4 is 5.91 Å². The Hall–Kier alpha value is -1.43. The number of piperazine rings is 1. The summed E-state index contributed by atoms with van der Waals surface area (Å²) in [4.78, 5) is 16.0. The van der Waals surface area contributed by atoms with Crippen LogP contribution in [0.2, 0.25) is 0 Å². The average molecular weight is 291 g/mol. The zero-order valence-corrected chi connectivity index (χ0v) is 12.4. The van der Waals surface area contributed by atoms with Gasteiger partial charge < -0.3 is 15.7 Å². The third-order valence-electron chi connectivity index (χ3n) is 3.94. The van der Waals surface area contributed by atoms with Crippen LogP contribution in [0.5, 0.6) is 0 Å². The van der Waals surface area contributed by atoms with Gasteiger partial charge in [0, 0.05) is 39.1 Å². The molecule has 1 heterocycles. The summed E-state index contributed by atoms with van der Waals surface area (Å²) in [5.74, 6) is 0.198. The molecule has 0 spiro atoms. The van der Waals surface area contributed by atoms with Gasteiger partial charge in [-0.3, -0.25) is 9.69 Å². The van der Waals surface area contributed by atoms with E-state index < -0.39 is 6.10 Å². The highest BCUT2D eigenvalue weighted by Crippen LogP contribution is 2.15. The molecule has 21 heavy (non-hydrogen) atoms. The molecule has 1 aromatic rings. The molecule has 1 saturated heterocycles. The maximum atomic E-state index is 11.9. The summed E-state index contributed by atoms with van der Waals surface area (Å²) < 4.78 is 0. The molecule has 1 unspecified atom stereocenters. The fraction of sp³-hybridized carbons (Fsp3) is 0.562. The molecular formula is C16H25N3O2. The number of carbonyl (C=O) groups is 1. The summed E-state index contributed by atoms with van der Waals surface area (Å²) in [5, 5.41) is 10.2. The molecule has 3 N–H and O–H groups in total. The molecule has 1 aliphatic rings. The van der Waals surface area contributed by atoms with Gasteiger partial charge in [0.25, 0.3) is 0 Å². The molecule has 5 nitrogen and oxygen atoms in total. The summed E-state index contributed by atoms with van der Waals surface area (Å²) in [6, 6.07) is 9.70. The average Bonchev–Trinajstić information content (AvgIpc) is 2.54. The fourth-order valence-corrected chi connectivity index (χ4v) is 2.62. The van der Waals surface area contributed by atoms with E-state index in [4.69, 9.17) is 5.73 Å². The van der Waals surface area contributed by atoms with Crippen molar-refractivity contribution in [3.8, 4) is 0 Å². The van der Waals surface area contributed by atoms with Crippen molar-refractivity contribution in [2.75, 3.05) is 39.3 Å². The summed E-state index contributed by atoms with van der Waals surface area (Å²) in [6.07, 6.45) is 0.834. The highest BCUT2D eigenvalue weighted by atomic mass is 16.3. The Morgan fingerprint density at radius 3 is 2.48 bits per heavy atom. The van der Waals surface area contributed by atoms with Crippen LogP contribution in [-0.4, -0.2) is 60.1 Å². The number of amides is 1. The Labute approximate surface area is 126 Å². The van der Waals surface area contributed by atoms with Crippen LogP contribution in [-0.2, 0) is 4.79 Å². The van der Waals surface area contributed by atoms with Crippen LogP contribution in [0.15, 0.2) is 30.3 Å². The highest BCUT2D eigenvalue weighted by molar-refractivity contribution is 5.76. The minimum Gasteiger partial charge on any atom is -0.387 e. The van der Waals surface area contributed by atoms with Crippen LogP contribution in [0.3, 0.4) is 0 Å². The lowest BCUT2D eigenvalue weighted by molar-refractivity contribution is -0.133. The van der Waals surface area contributed by atoms with Crippen molar-refractivity contribution < 1.29 is 9.90 Å². The number of benzene rings is 1. The number of nitrogens with zero attached hydrogens (tertiary/aromatic N) is 2. The predicted molar refractivity (Wildman–Crippen MR) is 82.7 cm³/mol. The largest absolute Gasteiger partial charge is 0.387 e. The van der Waals surface area contributed by atoms with Crippen LogP contribution >= 0.6 is 0 Å². The first-order valence-corrected chi connectivity index (χ1v) is 7.64. The number of aliphatic hydroxyl groups is 1. The number of nitrogens with two attached hydrogens (primary N) is 1. The number of hydrogen-bond donors (Lipinski definition) is 2. The number of carbonyl (C=O) groups excluding carboxylic acids is 1. The Morgan fingerprint density at radius 1 is 1.19 bits per heavy atom. The molecule has 1 fully saturated rings. The van der Waals surface area contributed by atoms with Gasteiger partial charge in [-0.05, 0) is 18.5 Å². The van der Waals surface area contributed by atoms with E-state index in [2.05, 4.69) is 4.90 Å². The topological polar surface area (TPSA) is 69.8 Å². The SMILES string of the molecule is NCCCC(=O)N1CCN(CC(O)c2ccccc2)CC1. The van der Waals surface area contributed by atoms with E-state index in [1.54, 1.807) is 0 Å². The molecule has 0 radical (unpaired) electrons. The number of hydrogen-bond acceptors (Lipinski definition) is 4. The van der Waals surface area contributed by atoms with E-state index in [1.807, 2.05) is 35.2 Å². The van der Waals surface area contributed by atoms with Crippen molar-refractivity contribution in [2.24, 2.45) is 5.73 Å². The Morgan fingerprint density at radius 2 is 1.86 bits per heavy atom. The zero-order valence-electron chi connectivity index (χ0n) is 12.4. The van der Waals surface area contributed by atoms with Gasteiger partial charge in [0.2, 0.25) is 5.91 Å². The van der Waals surface area contributed by atoms with Crippen molar-refractivity contribution in [1.82, 2.24) is 9.80 Å². The first-order chi connectivity index (χ1) is 10.2. The van der Waals surface area contributed by atoms with E-state index >= 15 is 0 Å². The van der Waals surface area contributed by atoms with Gasteiger partial charge in [-0.2, -0.15) is 0 Å². The van der Waals surface area contributed by atoms with Gasteiger partial charge in [0.1, 0.15) is 0 Å². The molecule has 1 aliphatic heterocycles. The minimum absolute atomic E-state index is 0.198. The van der Waals surface area contributed by atoms with E-state index in [1.165, 1.54) is 0 Å². The van der Waals surface area contributed by atoms with E-state index in [9.17, 15) is 9.90 Å². The lowest BCUT2D eigenvalue weighted by Gasteiger charge is -2.35. The van der Waals surface area contributed by atoms with Crippen molar-refractivity contribution in [1.29, 1.82) is 0 Å². The van der Waals surface area contributed by atoms with Crippen molar-refractivity contribution in [3.05, 3.63) is 35.9 Å². The summed E-state index contributed by atoms with van der Waals surface area (Å²) in [5.41, 5.74) is 6.38. The standard InChI is InChI=1S/C16H25N3O2/c17-8-4-7-16(21)19-11-9-18(10-12-19)13-15(20)14-5-2-1-3-6-14/h1-3,5-6,15,20H,4,7-13,17H2.